The van der Waals surface area contributed by atoms with Crippen LogP contribution in [0.15, 0.2) is 27.4 Å². The van der Waals surface area contributed by atoms with E-state index >= 15 is 0 Å². The first kappa shape index (κ1) is 8.49. The Balaban J connectivity index is 2.13. The van der Waals surface area contributed by atoms with Crippen molar-refractivity contribution < 1.29 is 13.8 Å². The number of anilines is 1. The quantitative estimate of drug-likeness (QED) is 0.775. The fourth-order valence-electron chi connectivity index (χ4n) is 0.922. The van der Waals surface area contributed by atoms with E-state index in [1.165, 1.54) is 6.26 Å². The number of hydrogen-bond donors (Lipinski definition) is 1. The van der Waals surface area contributed by atoms with E-state index in [4.69, 9.17) is 4.42 Å². The van der Waals surface area contributed by atoms with Gasteiger partial charge in [0.15, 0.2) is 5.76 Å². The van der Waals surface area contributed by atoms with Crippen molar-refractivity contribution in [3.8, 4) is 0 Å². The van der Waals surface area contributed by atoms with Crippen molar-refractivity contribution in [3.63, 3.8) is 0 Å². The summed E-state index contributed by atoms with van der Waals surface area (Å²) in [7, 11) is 0. The van der Waals surface area contributed by atoms with Gasteiger partial charge in [-0.2, -0.15) is 0 Å². The molecule has 1 amide bonds. The van der Waals surface area contributed by atoms with Crippen molar-refractivity contribution in [3.05, 3.63) is 29.9 Å². The van der Waals surface area contributed by atoms with E-state index in [2.05, 4.69) is 20.3 Å². The summed E-state index contributed by atoms with van der Waals surface area (Å²) in [6.07, 6.45) is 1.42. The lowest BCUT2D eigenvalue weighted by molar-refractivity contribution is 0.0995. The first-order chi connectivity index (χ1) is 6.77. The molecule has 0 saturated carbocycles. The minimum atomic E-state index is -0.381. The molecular weight excluding hydrogens is 186 g/mol. The van der Waals surface area contributed by atoms with E-state index < -0.39 is 0 Å². The Morgan fingerprint density at radius 2 is 2.36 bits per heavy atom. The summed E-state index contributed by atoms with van der Waals surface area (Å²) in [5.41, 5.74) is 0.518. The predicted octanol–water partition coefficient (Wildman–Crippen LogP) is 1.22. The number of nitrogens with zero attached hydrogens (tertiary/aromatic N) is 2. The lowest BCUT2D eigenvalue weighted by Gasteiger charge is -1.96. The number of furan rings is 1. The topological polar surface area (TPSA) is 81.2 Å². The van der Waals surface area contributed by atoms with Crippen LogP contribution in [-0.2, 0) is 0 Å². The Bertz CT molecular complexity index is 432. The van der Waals surface area contributed by atoms with Gasteiger partial charge < -0.3 is 4.42 Å². The fourth-order valence-corrected chi connectivity index (χ4v) is 0.922. The molecule has 0 atom stereocenters. The second-order valence-corrected chi connectivity index (χ2v) is 2.63. The number of amides is 1. The van der Waals surface area contributed by atoms with Gasteiger partial charge in [-0.25, -0.2) is 4.63 Å². The number of nitrogens with one attached hydrogen (secondary N) is 1. The Hall–Kier alpha value is -2.11. The summed E-state index contributed by atoms with van der Waals surface area (Å²) in [6.45, 7) is 1.67. The van der Waals surface area contributed by atoms with Crippen LogP contribution in [0, 0.1) is 6.92 Å². The van der Waals surface area contributed by atoms with Crippen LogP contribution >= 0.6 is 0 Å². The SMILES string of the molecule is Cc1nonc1NC(=O)c1ccco1. The summed E-state index contributed by atoms with van der Waals surface area (Å²) in [6, 6.07) is 3.18. The monoisotopic (exact) mass is 193 g/mol. The zero-order valence-corrected chi connectivity index (χ0v) is 7.35. The molecule has 0 saturated heterocycles. The lowest BCUT2D eigenvalue weighted by Crippen LogP contribution is -2.11. The molecule has 0 unspecified atom stereocenters. The van der Waals surface area contributed by atoms with Gasteiger partial charge in [0.05, 0.1) is 6.26 Å². The second kappa shape index (κ2) is 3.33. The second-order valence-electron chi connectivity index (χ2n) is 2.63. The van der Waals surface area contributed by atoms with Crippen molar-refractivity contribution in [1.29, 1.82) is 0 Å². The smallest absolute Gasteiger partial charge is 0.292 e. The standard InChI is InChI=1S/C8H7N3O3/c1-5-7(11-14-10-5)9-8(12)6-3-2-4-13-6/h2-4H,1H3,(H,9,11,12). The molecule has 2 aromatic rings. The first-order valence-electron chi connectivity index (χ1n) is 3.91. The molecule has 0 radical (unpaired) electrons. The molecular formula is C8H7N3O3. The van der Waals surface area contributed by atoms with Crippen LogP contribution in [0.5, 0.6) is 0 Å². The van der Waals surface area contributed by atoms with Crippen LogP contribution in [0.1, 0.15) is 16.2 Å². The lowest BCUT2D eigenvalue weighted by atomic mass is 10.4. The minimum absolute atomic E-state index is 0.215. The number of aryl methyl sites for hydroxylation is 1. The third-order valence-corrected chi connectivity index (χ3v) is 1.63. The van der Waals surface area contributed by atoms with E-state index in [9.17, 15) is 4.79 Å². The molecule has 0 bridgehead atoms. The summed E-state index contributed by atoms with van der Waals surface area (Å²) >= 11 is 0. The third kappa shape index (κ3) is 1.49. The average molecular weight is 193 g/mol. The molecule has 0 aliphatic heterocycles. The molecule has 2 aromatic heterocycles. The fraction of sp³-hybridized carbons (Fsp3) is 0.125. The van der Waals surface area contributed by atoms with Gasteiger partial charge >= 0.3 is 0 Å². The molecule has 0 aliphatic carbocycles. The minimum Gasteiger partial charge on any atom is -0.459 e. The molecule has 72 valence electrons. The normalized spacial score (nSPS) is 10.1. The summed E-state index contributed by atoms with van der Waals surface area (Å²) in [5.74, 6) is 0.132. The third-order valence-electron chi connectivity index (χ3n) is 1.63. The number of hydrogen-bond acceptors (Lipinski definition) is 5. The van der Waals surface area contributed by atoms with E-state index in [1.54, 1.807) is 19.1 Å². The molecule has 0 spiro atoms. The maximum absolute atomic E-state index is 11.4. The van der Waals surface area contributed by atoms with E-state index in [1.807, 2.05) is 0 Å². The van der Waals surface area contributed by atoms with Gasteiger partial charge in [0.2, 0.25) is 5.82 Å². The molecule has 2 heterocycles. The summed E-state index contributed by atoms with van der Waals surface area (Å²) in [4.78, 5) is 11.4. The predicted molar refractivity (Wildman–Crippen MR) is 45.7 cm³/mol. The molecule has 0 aliphatic rings. The first-order valence-corrected chi connectivity index (χ1v) is 3.91. The number of aromatic nitrogens is 2. The van der Waals surface area contributed by atoms with Gasteiger partial charge in [0.1, 0.15) is 5.69 Å². The van der Waals surface area contributed by atoms with E-state index in [0.717, 1.165) is 0 Å². The van der Waals surface area contributed by atoms with Crippen LogP contribution < -0.4 is 5.32 Å². The largest absolute Gasteiger partial charge is 0.459 e. The van der Waals surface area contributed by atoms with Gasteiger partial charge in [-0.1, -0.05) is 5.16 Å². The Morgan fingerprint density at radius 1 is 1.50 bits per heavy atom. The Labute approximate surface area is 78.9 Å². The molecule has 0 fully saturated rings. The zero-order valence-electron chi connectivity index (χ0n) is 7.35. The molecule has 14 heavy (non-hydrogen) atoms. The highest BCUT2D eigenvalue weighted by molar-refractivity contribution is 6.01. The van der Waals surface area contributed by atoms with Crippen molar-refractivity contribution in [2.75, 3.05) is 5.32 Å². The van der Waals surface area contributed by atoms with Crippen molar-refractivity contribution in [2.45, 2.75) is 6.92 Å². The Morgan fingerprint density at radius 3 is 2.93 bits per heavy atom. The molecule has 2 rings (SSSR count). The van der Waals surface area contributed by atoms with Crippen LogP contribution in [0.4, 0.5) is 5.82 Å². The highest BCUT2D eigenvalue weighted by Crippen LogP contribution is 2.09. The van der Waals surface area contributed by atoms with Gasteiger partial charge in [-0.15, -0.1) is 0 Å². The maximum Gasteiger partial charge on any atom is 0.292 e. The van der Waals surface area contributed by atoms with Crippen LogP contribution in [0.2, 0.25) is 0 Å². The van der Waals surface area contributed by atoms with E-state index in [-0.39, 0.29) is 11.7 Å². The molecule has 1 N–H and O–H groups in total. The molecule has 6 nitrogen and oxygen atoms in total. The summed E-state index contributed by atoms with van der Waals surface area (Å²) in [5, 5.41) is 9.52. The van der Waals surface area contributed by atoms with Gasteiger partial charge in [-0.05, 0) is 24.2 Å². The van der Waals surface area contributed by atoms with E-state index in [0.29, 0.717) is 11.5 Å². The average Bonchev–Trinajstić information content (AvgIpc) is 2.77. The van der Waals surface area contributed by atoms with Crippen molar-refractivity contribution in [2.24, 2.45) is 0 Å². The van der Waals surface area contributed by atoms with Gasteiger partial charge in [-0.3, -0.25) is 10.1 Å². The zero-order chi connectivity index (χ0) is 9.97. The maximum atomic E-state index is 11.4. The highest BCUT2D eigenvalue weighted by Gasteiger charge is 2.12. The van der Waals surface area contributed by atoms with Crippen molar-refractivity contribution >= 4 is 11.7 Å². The molecule has 6 heteroatoms. The summed E-state index contributed by atoms with van der Waals surface area (Å²) < 4.78 is 9.31. The van der Waals surface area contributed by atoms with Gasteiger partial charge in [0.25, 0.3) is 5.91 Å². The van der Waals surface area contributed by atoms with Gasteiger partial charge in [0, 0.05) is 0 Å². The Kier molecular flexibility index (Phi) is 2.02. The molecule has 0 aromatic carbocycles. The van der Waals surface area contributed by atoms with Crippen LogP contribution in [0.25, 0.3) is 0 Å². The number of carbonyl (C=O) groups is 1. The highest BCUT2D eigenvalue weighted by atomic mass is 16.6. The van der Waals surface area contributed by atoms with Crippen LogP contribution in [0.3, 0.4) is 0 Å². The van der Waals surface area contributed by atoms with Crippen molar-refractivity contribution in [1.82, 2.24) is 10.3 Å². The van der Waals surface area contributed by atoms with Crippen LogP contribution in [-0.4, -0.2) is 16.2 Å². The number of carbonyl (C=O) groups excluding carboxylic acids is 1. The number of rotatable bonds is 2.